The Labute approximate surface area is 121 Å². The van der Waals surface area contributed by atoms with Crippen molar-refractivity contribution in [2.75, 3.05) is 7.11 Å². The van der Waals surface area contributed by atoms with Crippen LogP contribution >= 0.6 is 0 Å². The molecule has 2 rings (SSSR count). The number of ether oxygens (including phenoxy) is 1. The molecule has 20 heavy (non-hydrogen) atoms. The van der Waals surface area contributed by atoms with Crippen molar-refractivity contribution in [2.45, 2.75) is 32.7 Å². The van der Waals surface area contributed by atoms with Crippen LogP contribution in [0.5, 0.6) is 5.75 Å². The minimum Gasteiger partial charge on any atom is -0.497 e. The topological polar surface area (TPSA) is 47.3 Å². The Kier molecular flexibility index (Phi) is 4.99. The minimum atomic E-state index is 0.289. The van der Waals surface area contributed by atoms with Crippen LogP contribution in [0.2, 0.25) is 0 Å². The Balaban J connectivity index is 2.37. The second-order valence-corrected chi connectivity index (χ2v) is 5.37. The molecular formula is C17H24N2O. The highest BCUT2D eigenvalue weighted by Crippen LogP contribution is 2.26. The molecule has 0 spiro atoms. The zero-order valence-electron chi connectivity index (χ0n) is 12.5. The number of hydrogen-bond acceptors (Lipinski definition) is 3. The van der Waals surface area contributed by atoms with Gasteiger partial charge in [0.2, 0.25) is 0 Å². The van der Waals surface area contributed by atoms with Crippen LogP contribution < -0.4 is 16.0 Å². The molecule has 2 unspecified atom stereocenters. The first-order valence-electron chi connectivity index (χ1n) is 7.21. The van der Waals surface area contributed by atoms with E-state index >= 15 is 0 Å². The van der Waals surface area contributed by atoms with E-state index in [4.69, 9.17) is 10.6 Å². The van der Waals surface area contributed by atoms with Gasteiger partial charge in [0.15, 0.2) is 0 Å². The summed E-state index contributed by atoms with van der Waals surface area (Å²) in [5, 5.41) is 2.48. The van der Waals surface area contributed by atoms with Gasteiger partial charge in [-0.2, -0.15) is 0 Å². The Morgan fingerprint density at radius 2 is 2.05 bits per heavy atom. The summed E-state index contributed by atoms with van der Waals surface area (Å²) >= 11 is 0. The van der Waals surface area contributed by atoms with Gasteiger partial charge in [0, 0.05) is 6.04 Å². The monoisotopic (exact) mass is 272 g/mol. The van der Waals surface area contributed by atoms with Gasteiger partial charge in [0.05, 0.1) is 7.11 Å². The number of nitrogens with two attached hydrogens (primary N) is 1. The highest BCUT2D eigenvalue weighted by Gasteiger charge is 2.16. The second-order valence-electron chi connectivity index (χ2n) is 5.37. The van der Waals surface area contributed by atoms with Gasteiger partial charge in [0.25, 0.3) is 0 Å². The van der Waals surface area contributed by atoms with Gasteiger partial charge in [-0.1, -0.05) is 44.5 Å². The molecule has 0 saturated heterocycles. The fourth-order valence-corrected chi connectivity index (χ4v) is 2.57. The molecule has 0 radical (unpaired) electrons. The van der Waals surface area contributed by atoms with Crippen LogP contribution in [0.1, 0.15) is 25.8 Å². The zero-order chi connectivity index (χ0) is 14.5. The first-order valence-corrected chi connectivity index (χ1v) is 7.21. The number of hydrogen-bond donors (Lipinski definition) is 2. The Morgan fingerprint density at radius 3 is 2.70 bits per heavy atom. The van der Waals surface area contributed by atoms with Gasteiger partial charge < -0.3 is 4.74 Å². The Bertz CT molecular complexity index is 568. The van der Waals surface area contributed by atoms with Crippen molar-refractivity contribution in [3.63, 3.8) is 0 Å². The van der Waals surface area contributed by atoms with E-state index in [0.29, 0.717) is 5.92 Å². The summed E-state index contributed by atoms with van der Waals surface area (Å²) in [5.41, 5.74) is 4.27. The Morgan fingerprint density at radius 1 is 1.25 bits per heavy atom. The molecule has 2 atom stereocenters. The molecule has 2 aromatic rings. The van der Waals surface area contributed by atoms with Crippen molar-refractivity contribution in [1.82, 2.24) is 5.43 Å². The van der Waals surface area contributed by atoms with Crippen LogP contribution in [0.25, 0.3) is 10.8 Å². The van der Waals surface area contributed by atoms with Gasteiger partial charge in [0.1, 0.15) is 5.75 Å². The van der Waals surface area contributed by atoms with Gasteiger partial charge in [-0.05, 0) is 40.8 Å². The predicted octanol–water partition coefficient (Wildman–Crippen LogP) is 3.27. The molecule has 0 aromatic heterocycles. The van der Waals surface area contributed by atoms with Crippen molar-refractivity contribution in [3.8, 4) is 5.75 Å². The number of methoxy groups -OCH3 is 1. The maximum absolute atomic E-state index is 5.72. The molecule has 3 heteroatoms. The van der Waals surface area contributed by atoms with Crippen LogP contribution in [-0.4, -0.2) is 13.2 Å². The molecule has 0 heterocycles. The van der Waals surface area contributed by atoms with Crippen molar-refractivity contribution in [3.05, 3.63) is 42.0 Å². The normalized spacial score (nSPS) is 14.2. The van der Waals surface area contributed by atoms with Crippen molar-refractivity contribution in [1.29, 1.82) is 0 Å². The second kappa shape index (κ2) is 6.73. The van der Waals surface area contributed by atoms with Crippen LogP contribution in [-0.2, 0) is 6.42 Å². The van der Waals surface area contributed by atoms with E-state index in [-0.39, 0.29) is 6.04 Å². The molecular weight excluding hydrogens is 248 g/mol. The highest BCUT2D eigenvalue weighted by atomic mass is 16.5. The number of hydrazine groups is 1. The number of benzene rings is 2. The maximum atomic E-state index is 5.72. The summed E-state index contributed by atoms with van der Waals surface area (Å²) < 4.78 is 5.34. The van der Waals surface area contributed by atoms with Crippen LogP contribution in [0.3, 0.4) is 0 Å². The number of nitrogens with one attached hydrogen (secondary N) is 1. The summed E-state index contributed by atoms with van der Waals surface area (Å²) in [6.07, 6.45) is 2.04. The SMILES string of the molecule is CCC(C)C(Cc1cccc2ccc(OC)cc12)NN. The molecule has 0 aliphatic heterocycles. The fourth-order valence-electron chi connectivity index (χ4n) is 2.57. The average Bonchev–Trinajstić information content (AvgIpc) is 2.51. The van der Waals surface area contributed by atoms with E-state index in [1.807, 2.05) is 6.07 Å². The number of rotatable bonds is 6. The zero-order valence-corrected chi connectivity index (χ0v) is 12.5. The van der Waals surface area contributed by atoms with E-state index in [1.165, 1.54) is 16.3 Å². The summed E-state index contributed by atoms with van der Waals surface area (Å²) in [6, 6.07) is 12.9. The summed E-state index contributed by atoms with van der Waals surface area (Å²) in [4.78, 5) is 0. The van der Waals surface area contributed by atoms with E-state index in [1.54, 1.807) is 7.11 Å². The van der Waals surface area contributed by atoms with Crippen LogP contribution in [0, 0.1) is 5.92 Å². The summed E-state index contributed by atoms with van der Waals surface area (Å²) in [5.74, 6) is 7.16. The first kappa shape index (κ1) is 14.8. The summed E-state index contributed by atoms with van der Waals surface area (Å²) in [7, 11) is 1.70. The average molecular weight is 272 g/mol. The third-order valence-corrected chi connectivity index (χ3v) is 4.16. The van der Waals surface area contributed by atoms with Gasteiger partial charge in [-0.25, -0.2) is 0 Å². The molecule has 3 nitrogen and oxygen atoms in total. The van der Waals surface area contributed by atoms with Crippen LogP contribution in [0.15, 0.2) is 36.4 Å². The molecule has 0 aliphatic rings. The lowest BCUT2D eigenvalue weighted by Crippen LogP contribution is -2.41. The van der Waals surface area contributed by atoms with E-state index in [2.05, 4.69) is 49.6 Å². The third-order valence-electron chi connectivity index (χ3n) is 4.16. The highest BCUT2D eigenvalue weighted by molar-refractivity contribution is 5.87. The lowest BCUT2D eigenvalue weighted by Gasteiger charge is -2.23. The summed E-state index contributed by atoms with van der Waals surface area (Å²) in [6.45, 7) is 4.43. The van der Waals surface area contributed by atoms with Gasteiger partial charge in [-0.15, -0.1) is 0 Å². The quantitative estimate of drug-likeness (QED) is 0.627. The molecule has 108 valence electrons. The van der Waals surface area contributed by atoms with Gasteiger partial charge >= 0.3 is 0 Å². The lowest BCUT2D eigenvalue weighted by molar-refractivity contribution is 0.370. The fraction of sp³-hybridized carbons (Fsp3) is 0.412. The van der Waals surface area contributed by atoms with E-state index in [0.717, 1.165) is 18.6 Å². The molecule has 3 N–H and O–H groups in total. The maximum Gasteiger partial charge on any atom is 0.119 e. The smallest absolute Gasteiger partial charge is 0.119 e. The van der Waals surface area contributed by atoms with Crippen molar-refractivity contribution < 1.29 is 4.74 Å². The van der Waals surface area contributed by atoms with Crippen molar-refractivity contribution >= 4 is 10.8 Å². The third kappa shape index (κ3) is 3.11. The molecule has 0 aliphatic carbocycles. The minimum absolute atomic E-state index is 0.289. The van der Waals surface area contributed by atoms with Gasteiger partial charge in [-0.3, -0.25) is 11.3 Å². The van der Waals surface area contributed by atoms with E-state index < -0.39 is 0 Å². The molecule has 0 fully saturated rings. The number of fused-ring (bicyclic) bond motifs is 1. The largest absolute Gasteiger partial charge is 0.497 e. The predicted molar refractivity (Wildman–Crippen MR) is 84.8 cm³/mol. The van der Waals surface area contributed by atoms with Crippen molar-refractivity contribution in [2.24, 2.45) is 11.8 Å². The molecule has 0 bridgehead atoms. The lowest BCUT2D eigenvalue weighted by atomic mass is 9.91. The van der Waals surface area contributed by atoms with Crippen LogP contribution in [0.4, 0.5) is 0 Å². The Hall–Kier alpha value is -1.58. The molecule has 2 aromatic carbocycles. The molecule has 0 amide bonds. The first-order chi connectivity index (χ1) is 9.69. The standard InChI is InChI=1S/C17H24N2O/c1-4-12(2)17(19-18)10-14-7-5-6-13-8-9-15(20-3)11-16(13)14/h5-9,11-12,17,19H,4,10,18H2,1-3H3. The molecule has 0 saturated carbocycles. The van der Waals surface area contributed by atoms with E-state index in [9.17, 15) is 0 Å².